The Morgan fingerprint density at radius 3 is 2.50 bits per heavy atom. The van der Waals surface area contributed by atoms with Crippen LogP contribution in [0.5, 0.6) is 0 Å². The SMILES string of the molecule is C[C@]12CC[C@H]3[C@@H](CC[C@@H]4C[C@](O)(C#CC5CC5)CC[C@@H]43)[C@@H]1CC[C@@H]2C(=O)CO. The van der Waals surface area contributed by atoms with E-state index in [4.69, 9.17) is 0 Å². The Labute approximate surface area is 169 Å². The third-order valence-corrected chi connectivity index (χ3v) is 9.64. The zero-order chi connectivity index (χ0) is 19.5. The van der Waals surface area contributed by atoms with E-state index < -0.39 is 5.60 Å². The fourth-order valence-corrected chi connectivity index (χ4v) is 8.10. The molecule has 2 N–H and O–H groups in total. The van der Waals surface area contributed by atoms with Gasteiger partial charge in [-0.3, -0.25) is 4.79 Å². The molecule has 0 aromatic carbocycles. The van der Waals surface area contributed by atoms with Gasteiger partial charge in [-0.2, -0.15) is 0 Å². The molecule has 8 atom stereocenters. The van der Waals surface area contributed by atoms with Crippen molar-refractivity contribution in [1.29, 1.82) is 0 Å². The summed E-state index contributed by atoms with van der Waals surface area (Å²) >= 11 is 0. The van der Waals surface area contributed by atoms with Crippen molar-refractivity contribution < 1.29 is 15.0 Å². The van der Waals surface area contributed by atoms with Gasteiger partial charge in [-0.25, -0.2) is 0 Å². The molecular weight excluding hydrogens is 348 g/mol. The van der Waals surface area contributed by atoms with Crippen molar-refractivity contribution in [1.82, 2.24) is 0 Å². The molecule has 0 aromatic heterocycles. The minimum absolute atomic E-state index is 0.0779. The summed E-state index contributed by atoms with van der Waals surface area (Å²) in [7, 11) is 0. The van der Waals surface area contributed by atoms with E-state index in [0.717, 1.165) is 49.9 Å². The molecule has 154 valence electrons. The van der Waals surface area contributed by atoms with Crippen molar-refractivity contribution in [3.8, 4) is 11.8 Å². The second-order valence-corrected chi connectivity index (χ2v) is 11.1. The summed E-state index contributed by atoms with van der Waals surface area (Å²) in [6.45, 7) is 2.06. The van der Waals surface area contributed by atoms with Crippen molar-refractivity contribution in [3.63, 3.8) is 0 Å². The molecule has 3 nitrogen and oxygen atoms in total. The average Bonchev–Trinajstić information content (AvgIpc) is 3.45. The van der Waals surface area contributed by atoms with Gasteiger partial charge in [-0.05, 0) is 106 Å². The van der Waals surface area contributed by atoms with Gasteiger partial charge in [0.15, 0.2) is 5.78 Å². The molecule has 0 radical (unpaired) electrons. The molecule has 0 spiro atoms. The van der Waals surface area contributed by atoms with Crippen LogP contribution in [0.2, 0.25) is 0 Å². The summed E-state index contributed by atoms with van der Waals surface area (Å²) in [6, 6.07) is 0. The number of hydrogen-bond acceptors (Lipinski definition) is 3. The van der Waals surface area contributed by atoms with Crippen LogP contribution in [0.4, 0.5) is 0 Å². The maximum atomic E-state index is 12.4. The zero-order valence-electron chi connectivity index (χ0n) is 17.3. The highest BCUT2D eigenvalue weighted by Crippen LogP contribution is 2.64. The maximum Gasteiger partial charge on any atom is 0.161 e. The summed E-state index contributed by atoms with van der Waals surface area (Å²) in [5.74, 6) is 10.9. The molecule has 5 saturated carbocycles. The van der Waals surface area contributed by atoms with Crippen LogP contribution in [-0.4, -0.2) is 28.2 Å². The molecule has 3 heteroatoms. The van der Waals surface area contributed by atoms with Gasteiger partial charge < -0.3 is 10.2 Å². The van der Waals surface area contributed by atoms with Gasteiger partial charge in [0.25, 0.3) is 0 Å². The van der Waals surface area contributed by atoms with Gasteiger partial charge in [-0.1, -0.05) is 18.8 Å². The minimum Gasteiger partial charge on any atom is -0.389 e. The minimum atomic E-state index is -0.730. The van der Waals surface area contributed by atoms with Crippen molar-refractivity contribution >= 4 is 5.78 Å². The third-order valence-electron chi connectivity index (χ3n) is 9.64. The highest BCUT2D eigenvalue weighted by molar-refractivity contribution is 5.83. The Hall–Kier alpha value is -0.850. The summed E-state index contributed by atoms with van der Waals surface area (Å²) in [5, 5.41) is 20.5. The lowest BCUT2D eigenvalue weighted by atomic mass is 9.49. The summed E-state index contributed by atoms with van der Waals surface area (Å²) in [5.41, 5.74) is -0.620. The van der Waals surface area contributed by atoms with E-state index in [1.807, 2.05) is 0 Å². The summed E-state index contributed by atoms with van der Waals surface area (Å²) in [6.07, 6.45) is 12.3. The lowest BCUT2D eigenvalue weighted by Crippen LogP contribution is -2.51. The molecule has 28 heavy (non-hydrogen) atoms. The van der Waals surface area contributed by atoms with E-state index in [9.17, 15) is 15.0 Å². The van der Waals surface area contributed by atoms with E-state index in [1.54, 1.807) is 0 Å². The van der Waals surface area contributed by atoms with Crippen LogP contribution in [-0.2, 0) is 4.79 Å². The van der Waals surface area contributed by atoms with E-state index in [2.05, 4.69) is 18.8 Å². The first-order valence-corrected chi connectivity index (χ1v) is 11.8. The predicted octanol–water partition coefficient (Wildman–Crippen LogP) is 3.96. The molecule has 0 aromatic rings. The molecule has 5 rings (SSSR count). The Bertz CT molecular complexity index is 700. The van der Waals surface area contributed by atoms with Crippen LogP contribution >= 0.6 is 0 Å². The van der Waals surface area contributed by atoms with Gasteiger partial charge in [0, 0.05) is 11.8 Å². The number of ketones is 1. The molecule has 0 heterocycles. The number of aliphatic hydroxyl groups excluding tert-OH is 1. The lowest BCUT2D eigenvalue weighted by Gasteiger charge is -2.56. The highest BCUT2D eigenvalue weighted by atomic mass is 16.3. The Morgan fingerprint density at radius 2 is 1.75 bits per heavy atom. The molecule has 0 amide bonds. The molecular formula is C25H36O3. The van der Waals surface area contributed by atoms with Crippen LogP contribution in [0.15, 0.2) is 0 Å². The lowest BCUT2D eigenvalue weighted by molar-refractivity contribution is -0.134. The zero-order valence-corrected chi connectivity index (χ0v) is 17.3. The predicted molar refractivity (Wildman–Crippen MR) is 108 cm³/mol. The Balaban J connectivity index is 1.31. The maximum absolute atomic E-state index is 12.4. The number of hydrogen-bond donors (Lipinski definition) is 2. The fourth-order valence-electron chi connectivity index (χ4n) is 8.10. The number of fused-ring (bicyclic) bond motifs is 5. The number of carbonyl (C=O) groups excluding carboxylic acids is 1. The first-order valence-electron chi connectivity index (χ1n) is 11.8. The number of rotatable bonds is 2. The van der Waals surface area contributed by atoms with Crippen LogP contribution in [0.3, 0.4) is 0 Å². The van der Waals surface area contributed by atoms with Crippen LogP contribution < -0.4 is 0 Å². The van der Waals surface area contributed by atoms with Crippen molar-refractivity contribution in [2.75, 3.05) is 6.61 Å². The first-order chi connectivity index (χ1) is 13.4. The number of aliphatic hydroxyl groups is 2. The normalized spacial score (nSPS) is 50.0. The monoisotopic (exact) mass is 384 g/mol. The van der Waals surface area contributed by atoms with Crippen LogP contribution in [0, 0.1) is 58.7 Å². The second-order valence-electron chi connectivity index (χ2n) is 11.1. The molecule has 5 fully saturated rings. The van der Waals surface area contributed by atoms with Gasteiger partial charge in [0.1, 0.15) is 12.2 Å². The first kappa shape index (κ1) is 19.1. The molecule has 0 unspecified atom stereocenters. The smallest absolute Gasteiger partial charge is 0.161 e. The summed E-state index contributed by atoms with van der Waals surface area (Å²) in [4.78, 5) is 12.4. The molecule has 5 aliphatic rings. The number of Topliss-reactive ketones (excluding diaryl/α,β-unsaturated/α-hetero) is 1. The number of carbonyl (C=O) groups is 1. The molecule has 0 aliphatic heterocycles. The van der Waals surface area contributed by atoms with Gasteiger partial charge in [0.05, 0.1) is 0 Å². The van der Waals surface area contributed by atoms with E-state index in [-0.39, 0.29) is 23.7 Å². The standard InChI is InChI=1S/C25H36O3/c1-24-11-9-19-18-10-13-25(28,12-8-16-2-3-16)14-17(18)4-5-20(19)21(24)6-7-22(24)23(27)15-26/h16-22,26,28H,2-7,9-11,13-15H2,1H3/t17-,18+,19-,20-,21+,22-,24+,25+/m1/s1. The Morgan fingerprint density at radius 1 is 0.964 bits per heavy atom. The molecule has 0 saturated heterocycles. The third kappa shape index (κ3) is 3.07. The fraction of sp³-hybridized carbons (Fsp3) is 0.880. The molecule has 0 bridgehead atoms. The summed E-state index contributed by atoms with van der Waals surface area (Å²) < 4.78 is 0. The van der Waals surface area contributed by atoms with Gasteiger partial charge in [-0.15, -0.1) is 0 Å². The second kappa shape index (κ2) is 6.85. The van der Waals surface area contributed by atoms with Crippen molar-refractivity contribution in [2.45, 2.75) is 83.2 Å². The average molecular weight is 385 g/mol. The largest absolute Gasteiger partial charge is 0.389 e. The molecule has 5 aliphatic carbocycles. The van der Waals surface area contributed by atoms with Crippen molar-refractivity contribution in [2.24, 2.45) is 46.8 Å². The topological polar surface area (TPSA) is 57.5 Å². The van der Waals surface area contributed by atoms with E-state index in [1.165, 1.54) is 38.5 Å². The highest BCUT2D eigenvalue weighted by Gasteiger charge is 2.58. The van der Waals surface area contributed by atoms with E-state index in [0.29, 0.717) is 17.8 Å². The Kier molecular flexibility index (Phi) is 4.68. The van der Waals surface area contributed by atoms with Crippen LogP contribution in [0.25, 0.3) is 0 Å². The van der Waals surface area contributed by atoms with Crippen molar-refractivity contribution in [3.05, 3.63) is 0 Å². The quantitative estimate of drug-likeness (QED) is 0.709. The van der Waals surface area contributed by atoms with Crippen LogP contribution in [0.1, 0.15) is 77.6 Å². The van der Waals surface area contributed by atoms with Gasteiger partial charge >= 0.3 is 0 Å². The van der Waals surface area contributed by atoms with E-state index >= 15 is 0 Å². The van der Waals surface area contributed by atoms with Gasteiger partial charge in [0.2, 0.25) is 0 Å².